The van der Waals surface area contributed by atoms with Crippen molar-refractivity contribution in [1.29, 1.82) is 0 Å². The maximum Gasteiger partial charge on any atom is 0.338 e. The van der Waals surface area contributed by atoms with Gasteiger partial charge in [-0.05, 0) is 57.5 Å². The number of rotatable bonds is 3. The summed E-state index contributed by atoms with van der Waals surface area (Å²) in [7, 11) is 0. The third-order valence-corrected chi connectivity index (χ3v) is 3.48. The monoisotopic (exact) mass is 436 g/mol. The Morgan fingerprint density at radius 1 is 0.963 bits per heavy atom. The molecule has 0 bridgehead atoms. The van der Waals surface area contributed by atoms with E-state index >= 15 is 0 Å². The largest absolute Gasteiger partial charge is 0.481 e. The van der Waals surface area contributed by atoms with Gasteiger partial charge >= 0.3 is 11.9 Å². The highest BCUT2D eigenvalue weighted by molar-refractivity contribution is 9.10. The molecule has 0 spiro atoms. The molecule has 0 radical (unpaired) electrons. The van der Waals surface area contributed by atoms with Crippen LogP contribution >= 0.6 is 15.9 Å². The van der Waals surface area contributed by atoms with Gasteiger partial charge in [0, 0.05) is 4.47 Å². The summed E-state index contributed by atoms with van der Waals surface area (Å²) in [5, 5.41) is 8.42. The molecular weight excluding hydrogens is 408 g/mol. The minimum Gasteiger partial charge on any atom is -0.481 e. The van der Waals surface area contributed by atoms with Gasteiger partial charge in [-0.15, -0.1) is 0 Å². The Labute approximate surface area is 170 Å². The third-order valence-electron chi connectivity index (χ3n) is 2.95. The fraction of sp³-hybridized carbons (Fsp3) is 0.364. The molecule has 5 heteroatoms. The van der Waals surface area contributed by atoms with E-state index in [1.165, 1.54) is 0 Å². The SMILES string of the molecule is CC.Cc1ccc(C(=O)OC(C)(C)C)cc1.O=C(O)Cc1ccc(Br)cc1. The van der Waals surface area contributed by atoms with Crippen LogP contribution in [0.1, 0.15) is 56.1 Å². The number of aliphatic carboxylic acids is 1. The maximum atomic E-state index is 11.5. The van der Waals surface area contributed by atoms with Crippen molar-refractivity contribution in [1.82, 2.24) is 0 Å². The predicted molar refractivity (Wildman–Crippen MR) is 113 cm³/mol. The van der Waals surface area contributed by atoms with E-state index < -0.39 is 11.6 Å². The standard InChI is InChI=1S/C12H16O2.C8H7BrO2.C2H6/c1-9-5-7-10(8-6-9)11(13)14-12(2,3)4;9-7-3-1-6(2-4-7)5-8(10)11;1-2/h5-8H,1-4H3;1-4H,5H2,(H,10,11);1-2H3. The number of ether oxygens (including phenoxy) is 1. The Bertz CT molecular complexity index is 699. The number of hydrogen-bond acceptors (Lipinski definition) is 3. The Balaban J connectivity index is 0.000000469. The topological polar surface area (TPSA) is 63.6 Å². The normalized spacial score (nSPS) is 9.89. The van der Waals surface area contributed by atoms with Crippen molar-refractivity contribution in [3.8, 4) is 0 Å². The van der Waals surface area contributed by atoms with Crippen LogP contribution in [-0.4, -0.2) is 22.6 Å². The van der Waals surface area contributed by atoms with Gasteiger partial charge in [0.25, 0.3) is 0 Å². The van der Waals surface area contributed by atoms with Crippen molar-refractivity contribution >= 4 is 27.9 Å². The maximum absolute atomic E-state index is 11.5. The Morgan fingerprint density at radius 3 is 1.85 bits per heavy atom. The van der Waals surface area contributed by atoms with Crippen molar-refractivity contribution in [2.75, 3.05) is 0 Å². The zero-order valence-electron chi connectivity index (χ0n) is 16.9. The summed E-state index contributed by atoms with van der Waals surface area (Å²) in [6, 6.07) is 14.6. The van der Waals surface area contributed by atoms with Crippen LogP contribution in [0.2, 0.25) is 0 Å². The lowest BCUT2D eigenvalue weighted by molar-refractivity contribution is -0.136. The predicted octanol–water partition coefficient (Wildman–Crippen LogP) is 6.05. The van der Waals surface area contributed by atoms with Crippen LogP contribution in [0.25, 0.3) is 0 Å². The summed E-state index contributed by atoms with van der Waals surface area (Å²) in [5.41, 5.74) is 2.13. The number of carboxylic acids is 1. The van der Waals surface area contributed by atoms with E-state index in [1.807, 2.05) is 65.8 Å². The van der Waals surface area contributed by atoms with Gasteiger partial charge in [0.1, 0.15) is 5.60 Å². The zero-order valence-corrected chi connectivity index (χ0v) is 18.5. The Hall–Kier alpha value is -2.14. The van der Waals surface area contributed by atoms with Crippen LogP contribution in [-0.2, 0) is 16.0 Å². The quantitative estimate of drug-likeness (QED) is 0.594. The van der Waals surface area contributed by atoms with Crippen LogP contribution in [0.5, 0.6) is 0 Å². The lowest BCUT2D eigenvalue weighted by atomic mass is 10.1. The smallest absolute Gasteiger partial charge is 0.338 e. The molecule has 1 N–H and O–H groups in total. The number of benzene rings is 2. The van der Waals surface area contributed by atoms with Crippen LogP contribution in [0.4, 0.5) is 0 Å². The summed E-state index contributed by atoms with van der Waals surface area (Å²) in [6.07, 6.45) is 0.0906. The lowest BCUT2D eigenvalue weighted by Gasteiger charge is -2.19. The van der Waals surface area contributed by atoms with Gasteiger partial charge in [-0.2, -0.15) is 0 Å². The third kappa shape index (κ3) is 12.0. The number of esters is 1. The average Bonchev–Trinajstić information content (AvgIpc) is 2.58. The molecule has 2 aromatic carbocycles. The van der Waals surface area contributed by atoms with E-state index in [9.17, 15) is 9.59 Å². The average molecular weight is 437 g/mol. The first kappa shape index (κ1) is 24.9. The Kier molecular flexibility index (Phi) is 11.3. The second-order valence-electron chi connectivity index (χ2n) is 6.56. The van der Waals surface area contributed by atoms with Crippen LogP contribution < -0.4 is 0 Å². The summed E-state index contributed by atoms with van der Waals surface area (Å²) in [6.45, 7) is 11.6. The van der Waals surface area contributed by atoms with Crippen molar-refractivity contribution in [3.05, 3.63) is 69.7 Å². The highest BCUT2D eigenvalue weighted by Gasteiger charge is 2.17. The first-order valence-electron chi connectivity index (χ1n) is 8.83. The molecule has 0 aromatic heterocycles. The number of halogens is 1. The number of aryl methyl sites for hydroxylation is 1. The van der Waals surface area contributed by atoms with Gasteiger partial charge in [-0.1, -0.05) is 59.6 Å². The molecule has 0 aliphatic carbocycles. The summed E-state index contributed by atoms with van der Waals surface area (Å²) in [4.78, 5) is 21.8. The van der Waals surface area contributed by atoms with Gasteiger partial charge in [0.2, 0.25) is 0 Å². The summed E-state index contributed by atoms with van der Waals surface area (Å²) in [5.74, 6) is -1.06. The molecule has 0 atom stereocenters. The van der Waals surface area contributed by atoms with Crippen molar-refractivity contribution < 1.29 is 19.4 Å². The molecule has 4 nitrogen and oxygen atoms in total. The van der Waals surface area contributed by atoms with Crippen molar-refractivity contribution in [2.24, 2.45) is 0 Å². The number of hydrogen-bond donors (Lipinski definition) is 1. The zero-order chi connectivity index (χ0) is 21.0. The van der Waals surface area contributed by atoms with Gasteiger partial charge in [-0.25, -0.2) is 4.79 Å². The highest BCUT2D eigenvalue weighted by Crippen LogP contribution is 2.12. The van der Waals surface area contributed by atoms with Crippen LogP contribution in [0.3, 0.4) is 0 Å². The van der Waals surface area contributed by atoms with Crippen LogP contribution in [0.15, 0.2) is 53.0 Å². The molecule has 0 saturated heterocycles. The van der Waals surface area contributed by atoms with E-state index in [0.717, 1.165) is 15.6 Å². The molecule has 2 rings (SSSR count). The molecular formula is C22H29BrO4. The first-order chi connectivity index (χ1) is 12.6. The van der Waals surface area contributed by atoms with E-state index in [-0.39, 0.29) is 12.4 Å². The highest BCUT2D eigenvalue weighted by atomic mass is 79.9. The van der Waals surface area contributed by atoms with Gasteiger partial charge in [0.05, 0.1) is 12.0 Å². The van der Waals surface area contributed by atoms with E-state index in [0.29, 0.717) is 5.56 Å². The molecule has 0 unspecified atom stereocenters. The minimum absolute atomic E-state index is 0.0906. The second-order valence-corrected chi connectivity index (χ2v) is 7.48. The van der Waals surface area contributed by atoms with Crippen LogP contribution in [0, 0.1) is 6.92 Å². The lowest BCUT2D eigenvalue weighted by Crippen LogP contribution is -2.23. The molecule has 2 aromatic rings. The Morgan fingerprint density at radius 2 is 1.44 bits per heavy atom. The van der Waals surface area contributed by atoms with Crippen molar-refractivity contribution in [2.45, 2.75) is 53.6 Å². The number of carbonyl (C=O) groups excluding carboxylic acids is 1. The minimum atomic E-state index is -0.799. The molecule has 0 aliphatic rings. The van der Waals surface area contributed by atoms with E-state index in [4.69, 9.17) is 9.84 Å². The number of carbonyl (C=O) groups is 2. The fourth-order valence-corrected chi connectivity index (χ4v) is 2.07. The summed E-state index contributed by atoms with van der Waals surface area (Å²) < 4.78 is 6.19. The fourth-order valence-electron chi connectivity index (χ4n) is 1.80. The molecule has 0 heterocycles. The molecule has 0 fully saturated rings. The molecule has 148 valence electrons. The molecule has 27 heavy (non-hydrogen) atoms. The summed E-state index contributed by atoms with van der Waals surface area (Å²) >= 11 is 3.26. The molecule has 0 amide bonds. The van der Waals surface area contributed by atoms with Crippen molar-refractivity contribution in [3.63, 3.8) is 0 Å². The first-order valence-corrected chi connectivity index (χ1v) is 9.62. The molecule has 0 saturated carbocycles. The van der Waals surface area contributed by atoms with Gasteiger partial charge in [-0.3, -0.25) is 4.79 Å². The van der Waals surface area contributed by atoms with Gasteiger partial charge < -0.3 is 9.84 Å². The molecule has 0 aliphatic heterocycles. The van der Waals surface area contributed by atoms with E-state index in [2.05, 4.69) is 15.9 Å². The number of carboxylic acid groups (broad SMARTS) is 1. The van der Waals surface area contributed by atoms with Gasteiger partial charge in [0.15, 0.2) is 0 Å². The van der Waals surface area contributed by atoms with E-state index in [1.54, 1.807) is 24.3 Å². The second kappa shape index (κ2) is 12.3.